The van der Waals surface area contributed by atoms with E-state index in [1.807, 2.05) is 18.2 Å². The molecule has 1 aromatic carbocycles. The van der Waals surface area contributed by atoms with Crippen LogP contribution in [-0.4, -0.2) is 12.1 Å². The Hall–Kier alpha value is -2.08. The van der Waals surface area contributed by atoms with Crippen molar-refractivity contribution in [3.63, 3.8) is 0 Å². The van der Waals surface area contributed by atoms with Gasteiger partial charge in [0.2, 0.25) is 5.88 Å². The lowest BCUT2D eigenvalue weighted by Crippen LogP contribution is -1.90. The summed E-state index contributed by atoms with van der Waals surface area (Å²) in [5.74, 6) is 0.500. The lowest BCUT2D eigenvalue weighted by Gasteiger charge is -2.04. The average Bonchev–Trinajstić information content (AvgIpc) is 2.27. The Kier molecular flexibility index (Phi) is 2.04. The van der Waals surface area contributed by atoms with Crippen molar-refractivity contribution in [1.29, 1.82) is 5.26 Å². The standard InChI is InChI=1S/C11H8N2O/c1-14-11-10-8(5-6-13-11)3-2-4-9(10)7-12/h2-6H,1H3. The summed E-state index contributed by atoms with van der Waals surface area (Å²) in [6, 6.07) is 9.52. The fourth-order valence-corrected chi connectivity index (χ4v) is 1.45. The molecule has 0 bridgehead atoms. The number of ether oxygens (including phenoxy) is 1. The Morgan fingerprint density at radius 1 is 1.36 bits per heavy atom. The number of fused-ring (bicyclic) bond motifs is 1. The van der Waals surface area contributed by atoms with E-state index in [4.69, 9.17) is 10.00 Å². The fraction of sp³-hybridized carbons (Fsp3) is 0.0909. The van der Waals surface area contributed by atoms with Crippen molar-refractivity contribution >= 4 is 10.8 Å². The highest BCUT2D eigenvalue weighted by molar-refractivity contribution is 5.91. The van der Waals surface area contributed by atoms with Gasteiger partial charge < -0.3 is 4.74 Å². The van der Waals surface area contributed by atoms with Gasteiger partial charge in [-0.05, 0) is 17.5 Å². The van der Waals surface area contributed by atoms with Crippen LogP contribution in [0.2, 0.25) is 0 Å². The molecule has 0 aliphatic carbocycles. The second-order valence-electron chi connectivity index (χ2n) is 2.84. The van der Waals surface area contributed by atoms with Crippen LogP contribution >= 0.6 is 0 Å². The van der Waals surface area contributed by atoms with E-state index in [9.17, 15) is 0 Å². The Bertz CT molecular complexity index is 509. The molecule has 68 valence electrons. The fourth-order valence-electron chi connectivity index (χ4n) is 1.45. The van der Waals surface area contributed by atoms with Gasteiger partial charge in [0.1, 0.15) is 0 Å². The highest BCUT2D eigenvalue weighted by Gasteiger charge is 2.06. The van der Waals surface area contributed by atoms with Crippen LogP contribution < -0.4 is 4.74 Å². The number of rotatable bonds is 1. The second kappa shape index (κ2) is 3.35. The van der Waals surface area contributed by atoms with E-state index in [2.05, 4.69) is 11.1 Å². The summed E-state index contributed by atoms with van der Waals surface area (Å²) in [7, 11) is 1.55. The van der Waals surface area contributed by atoms with Gasteiger partial charge in [-0.15, -0.1) is 0 Å². The number of methoxy groups -OCH3 is 1. The first-order valence-corrected chi connectivity index (χ1v) is 4.18. The molecule has 0 saturated carbocycles. The Balaban J connectivity index is 2.90. The van der Waals surface area contributed by atoms with Crippen molar-refractivity contribution in [3.8, 4) is 11.9 Å². The summed E-state index contributed by atoms with van der Waals surface area (Å²) in [4.78, 5) is 4.06. The van der Waals surface area contributed by atoms with E-state index in [-0.39, 0.29) is 0 Å². The minimum atomic E-state index is 0.500. The summed E-state index contributed by atoms with van der Waals surface area (Å²) in [6.45, 7) is 0. The van der Waals surface area contributed by atoms with Crippen molar-refractivity contribution < 1.29 is 4.74 Å². The van der Waals surface area contributed by atoms with Crippen LogP contribution in [-0.2, 0) is 0 Å². The first kappa shape index (κ1) is 8.52. The number of hydrogen-bond acceptors (Lipinski definition) is 3. The Morgan fingerprint density at radius 2 is 2.21 bits per heavy atom. The predicted molar refractivity (Wildman–Crippen MR) is 53.0 cm³/mol. The molecule has 3 nitrogen and oxygen atoms in total. The summed E-state index contributed by atoms with van der Waals surface area (Å²) < 4.78 is 5.11. The number of hydrogen-bond donors (Lipinski definition) is 0. The molecule has 0 unspecified atom stereocenters. The molecule has 3 heteroatoms. The van der Waals surface area contributed by atoms with Crippen molar-refractivity contribution in [2.24, 2.45) is 0 Å². The van der Waals surface area contributed by atoms with Crippen LogP contribution in [0.4, 0.5) is 0 Å². The lowest BCUT2D eigenvalue weighted by molar-refractivity contribution is 0.403. The molecule has 0 saturated heterocycles. The van der Waals surface area contributed by atoms with E-state index < -0.39 is 0 Å². The smallest absolute Gasteiger partial charge is 0.222 e. The third-order valence-electron chi connectivity index (χ3n) is 2.07. The third kappa shape index (κ3) is 1.17. The zero-order chi connectivity index (χ0) is 9.97. The third-order valence-corrected chi connectivity index (χ3v) is 2.07. The molecule has 0 amide bonds. The van der Waals surface area contributed by atoms with Gasteiger partial charge >= 0.3 is 0 Å². The quantitative estimate of drug-likeness (QED) is 0.681. The highest BCUT2D eigenvalue weighted by Crippen LogP contribution is 2.25. The summed E-state index contributed by atoms with van der Waals surface area (Å²) in [6.07, 6.45) is 1.67. The first-order chi connectivity index (χ1) is 6.86. The molecular weight excluding hydrogens is 176 g/mol. The monoisotopic (exact) mass is 184 g/mol. The van der Waals surface area contributed by atoms with E-state index in [0.717, 1.165) is 10.8 Å². The van der Waals surface area contributed by atoms with Gasteiger partial charge in [0, 0.05) is 6.20 Å². The number of pyridine rings is 1. The van der Waals surface area contributed by atoms with Crippen LogP contribution in [0, 0.1) is 11.3 Å². The van der Waals surface area contributed by atoms with Gasteiger partial charge in [0.25, 0.3) is 0 Å². The van der Waals surface area contributed by atoms with E-state index in [0.29, 0.717) is 11.4 Å². The van der Waals surface area contributed by atoms with E-state index in [1.165, 1.54) is 0 Å². The van der Waals surface area contributed by atoms with Gasteiger partial charge in [-0.25, -0.2) is 4.98 Å². The summed E-state index contributed by atoms with van der Waals surface area (Å²) in [5, 5.41) is 10.7. The molecule has 0 fully saturated rings. The number of benzene rings is 1. The van der Waals surface area contributed by atoms with Crippen LogP contribution in [0.3, 0.4) is 0 Å². The Labute approximate surface area is 81.6 Å². The normalized spacial score (nSPS) is 9.71. The molecule has 1 heterocycles. The molecular formula is C11H8N2O. The van der Waals surface area contributed by atoms with Gasteiger partial charge in [-0.2, -0.15) is 5.26 Å². The van der Waals surface area contributed by atoms with Crippen molar-refractivity contribution in [3.05, 3.63) is 36.0 Å². The largest absolute Gasteiger partial charge is 0.481 e. The number of nitriles is 1. The van der Waals surface area contributed by atoms with Gasteiger partial charge in [-0.3, -0.25) is 0 Å². The summed E-state index contributed by atoms with van der Waals surface area (Å²) in [5.41, 5.74) is 0.590. The minimum absolute atomic E-state index is 0.500. The summed E-state index contributed by atoms with van der Waals surface area (Å²) >= 11 is 0. The zero-order valence-electron chi connectivity index (χ0n) is 7.69. The molecule has 0 radical (unpaired) electrons. The SMILES string of the molecule is COc1nccc2cccc(C#N)c12. The average molecular weight is 184 g/mol. The number of nitrogens with zero attached hydrogens (tertiary/aromatic N) is 2. The maximum absolute atomic E-state index is 8.92. The molecule has 0 aliphatic heterocycles. The first-order valence-electron chi connectivity index (χ1n) is 4.18. The van der Waals surface area contributed by atoms with Gasteiger partial charge in [0.15, 0.2) is 0 Å². The maximum atomic E-state index is 8.92. The lowest BCUT2D eigenvalue weighted by atomic mass is 10.1. The molecule has 0 N–H and O–H groups in total. The molecule has 2 aromatic rings. The van der Waals surface area contributed by atoms with E-state index in [1.54, 1.807) is 19.4 Å². The van der Waals surface area contributed by atoms with Crippen molar-refractivity contribution in [1.82, 2.24) is 4.98 Å². The molecule has 0 aliphatic rings. The highest BCUT2D eigenvalue weighted by atomic mass is 16.5. The van der Waals surface area contributed by atoms with Crippen LogP contribution in [0.5, 0.6) is 5.88 Å². The molecule has 0 spiro atoms. The van der Waals surface area contributed by atoms with Crippen molar-refractivity contribution in [2.45, 2.75) is 0 Å². The Morgan fingerprint density at radius 3 is 2.93 bits per heavy atom. The zero-order valence-corrected chi connectivity index (χ0v) is 7.69. The van der Waals surface area contributed by atoms with Crippen LogP contribution in [0.25, 0.3) is 10.8 Å². The number of aromatic nitrogens is 1. The van der Waals surface area contributed by atoms with E-state index >= 15 is 0 Å². The minimum Gasteiger partial charge on any atom is -0.481 e. The van der Waals surface area contributed by atoms with Gasteiger partial charge in [0.05, 0.1) is 24.1 Å². The van der Waals surface area contributed by atoms with Gasteiger partial charge in [-0.1, -0.05) is 12.1 Å². The predicted octanol–water partition coefficient (Wildman–Crippen LogP) is 2.12. The molecule has 1 aromatic heterocycles. The van der Waals surface area contributed by atoms with Crippen molar-refractivity contribution in [2.75, 3.05) is 7.11 Å². The second-order valence-corrected chi connectivity index (χ2v) is 2.84. The molecule has 14 heavy (non-hydrogen) atoms. The van der Waals surface area contributed by atoms with Crippen LogP contribution in [0.1, 0.15) is 5.56 Å². The molecule has 0 atom stereocenters. The maximum Gasteiger partial charge on any atom is 0.222 e. The topological polar surface area (TPSA) is 45.9 Å². The van der Waals surface area contributed by atoms with Crippen LogP contribution in [0.15, 0.2) is 30.5 Å². The molecule has 2 rings (SSSR count).